The number of rotatable bonds is 3. The number of halogens is 2. The highest BCUT2D eigenvalue weighted by molar-refractivity contribution is 6.35. The molecule has 3 heterocycles. The first kappa shape index (κ1) is 21.2. The first-order valence-electron chi connectivity index (χ1n) is 10.0. The molecule has 160 valence electrons. The molecule has 1 aromatic carbocycles. The van der Waals surface area contributed by atoms with Crippen LogP contribution in [0.2, 0.25) is 10.0 Å². The summed E-state index contributed by atoms with van der Waals surface area (Å²) in [6.07, 6.45) is 5.18. The Morgan fingerprint density at radius 1 is 1.20 bits per heavy atom. The first-order chi connectivity index (χ1) is 14.3. The average molecular weight is 450 g/mol. The Morgan fingerprint density at radius 3 is 2.70 bits per heavy atom. The molecule has 0 radical (unpaired) electrons. The van der Waals surface area contributed by atoms with Gasteiger partial charge in [-0.05, 0) is 37.1 Å². The average Bonchev–Trinajstić information content (AvgIpc) is 3.44. The maximum absolute atomic E-state index is 12.9. The normalized spacial score (nSPS) is 21.5. The maximum atomic E-state index is 12.9. The highest BCUT2D eigenvalue weighted by Gasteiger charge is 2.45. The highest BCUT2D eigenvalue weighted by Crippen LogP contribution is 2.40. The fraction of sp³-hybridized carbons (Fsp3) is 0.476. The quantitative estimate of drug-likeness (QED) is 0.715. The van der Waals surface area contributed by atoms with Crippen LogP contribution < -0.4 is 4.90 Å². The number of benzene rings is 1. The van der Waals surface area contributed by atoms with Crippen LogP contribution in [0.5, 0.6) is 0 Å². The molecule has 7 nitrogen and oxygen atoms in total. The van der Waals surface area contributed by atoms with Crippen molar-refractivity contribution in [3.8, 4) is 0 Å². The van der Waals surface area contributed by atoms with E-state index >= 15 is 0 Å². The monoisotopic (exact) mass is 449 g/mol. The molecule has 1 spiro atoms. The van der Waals surface area contributed by atoms with Gasteiger partial charge in [0.15, 0.2) is 0 Å². The van der Waals surface area contributed by atoms with Gasteiger partial charge in [-0.3, -0.25) is 9.69 Å². The molecule has 2 aromatic rings. The second-order valence-electron chi connectivity index (χ2n) is 8.37. The van der Waals surface area contributed by atoms with Crippen molar-refractivity contribution >= 4 is 40.8 Å². The molecule has 2 fully saturated rings. The van der Waals surface area contributed by atoms with Crippen LogP contribution in [-0.2, 0) is 11.3 Å². The number of amides is 2. The Bertz CT molecular complexity index is 978. The highest BCUT2D eigenvalue weighted by atomic mass is 35.5. The van der Waals surface area contributed by atoms with Crippen molar-refractivity contribution in [2.24, 2.45) is 5.41 Å². The minimum absolute atomic E-state index is 0.103. The smallest absolute Gasteiger partial charge is 0.322 e. The lowest BCUT2D eigenvalue weighted by Crippen LogP contribution is -2.36. The summed E-state index contributed by atoms with van der Waals surface area (Å²) in [7, 11) is 1.67. The summed E-state index contributed by atoms with van der Waals surface area (Å²) in [5, 5.41) is 5.50. The number of hydrogen-bond donors (Lipinski definition) is 0. The maximum Gasteiger partial charge on any atom is 0.344 e. The van der Waals surface area contributed by atoms with Crippen LogP contribution in [0.25, 0.3) is 0 Å². The Labute approximate surface area is 186 Å². The molecule has 2 aliphatic heterocycles. The van der Waals surface area contributed by atoms with E-state index in [0.29, 0.717) is 28.8 Å². The summed E-state index contributed by atoms with van der Waals surface area (Å²) in [6, 6.07) is 5.48. The van der Waals surface area contributed by atoms with Crippen molar-refractivity contribution in [3.05, 3.63) is 46.2 Å². The standard InChI is InChI=1S/C21H25Cl2N5O2/c1-15(29)25(2)18-10-24-28(12-18)20(30)27-8-6-21(14-27)5-7-26(13-21)11-16-3-4-17(22)9-19(16)23/h3-4,9-10,12H,5-8,11,13-14H2,1-2H3. The predicted molar refractivity (Wildman–Crippen MR) is 117 cm³/mol. The molecule has 2 saturated heterocycles. The minimum atomic E-state index is -0.144. The second kappa shape index (κ2) is 8.21. The summed E-state index contributed by atoms with van der Waals surface area (Å²) in [5.41, 5.74) is 1.79. The topological polar surface area (TPSA) is 61.7 Å². The molecule has 4 rings (SSSR count). The summed E-state index contributed by atoms with van der Waals surface area (Å²) in [4.78, 5) is 30.2. The zero-order valence-electron chi connectivity index (χ0n) is 17.1. The summed E-state index contributed by atoms with van der Waals surface area (Å²) >= 11 is 12.3. The van der Waals surface area contributed by atoms with E-state index in [0.717, 1.165) is 38.0 Å². The number of likely N-dealkylation sites (tertiary alicyclic amines) is 2. The molecule has 9 heteroatoms. The third kappa shape index (κ3) is 4.19. The van der Waals surface area contributed by atoms with Crippen LogP contribution in [-0.4, -0.2) is 64.7 Å². The molecule has 2 amide bonds. The van der Waals surface area contributed by atoms with E-state index in [1.807, 2.05) is 17.0 Å². The lowest BCUT2D eigenvalue weighted by Gasteiger charge is -2.25. The van der Waals surface area contributed by atoms with E-state index in [1.165, 1.54) is 22.7 Å². The minimum Gasteiger partial charge on any atom is -0.322 e. The molecule has 30 heavy (non-hydrogen) atoms. The molecule has 0 saturated carbocycles. The Kier molecular flexibility index (Phi) is 5.79. The molecular formula is C21H25Cl2N5O2. The van der Waals surface area contributed by atoms with Crippen molar-refractivity contribution < 1.29 is 9.59 Å². The number of hydrogen-bond acceptors (Lipinski definition) is 4. The first-order valence-corrected chi connectivity index (χ1v) is 10.8. The van der Waals surface area contributed by atoms with Gasteiger partial charge in [-0.25, -0.2) is 4.79 Å². The van der Waals surface area contributed by atoms with Crippen LogP contribution in [0.1, 0.15) is 25.3 Å². The number of nitrogens with zero attached hydrogens (tertiary/aromatic N) is 5. The molecule has 1 unspecified atom stereocenters. The fourth-order valence-electron chi connectivity index (χ4n) is 4.40. The van der Waals surface area contributed by atoms with E-state index in [9.17, 15) is 9.59 Å². The van der Waals surface area contributed by atoms with Crippen molar-refractivity contribution in [1.29, 1.82) is 0 Å². The molecule has 0 N–H and O–H groups in total. The number of anilines is 1. The van der Waals surface area contributed by atoms with Gasteiger partial charge >= 0.3 is 6.03 Å². The summed E-state index contributed by atoms with van der Waals surface area (Å²) in [6.45, 7) is 5.61. The van der Waals surface area contributed by atoms with Crippen molar-refractivity contribution in [3.63, 3.8) is 0 Å². The molecule has 0 bridgehead atoms. The predicted octanol–water partition coefficient (Wildman–Crippen LogP) is 3.74. The van der Waals surface area contributed by atoms with E-state index < -0.39 is 0 Å². The fourth-order valence-corrected chi connectivity index (χ4v) is 4.87. The van der Waals surface area contributed by atoms with Crippen LogP contribution in [0.3, 0.4) is 0 Å². The lowest BCUT2D eigenvalue weighted by molar-refractivity contribution is -0.116. The van der Waals surface area contributed by atoms with Crippen LogP contribution in [0, 0.1) is 5.41 Å². The second-order valence-corrected chi connectivity index (χ2v) is 9.22. The van der Waals surface area contributed by atoms with Gasteiger partial charge in [-0.1, -0.05) is 29.3 Å². The zero-order valence-corrected chi connectivity index (χ0v) is 18.7. The van der Waals surface area contributed by atoms with Gasteiger partial charge in [0.25, 0.3) is 0 Å². The SMILES string of the molecule is CC(=O)N(C)c1cnn(C(=O)N2CCC3(CCN(Cc4ccc(Cl)cc4Cl)C3)C2)c1. The van der Waals surface area contributed by atoms with Crippen molar-refractivity contribution in [1.82, 2.24) is 19.6 Å². The van der Waals surface area contributed by atoms with Gasteiger partial charge in [0, 0.05) is 55.6 Å². The molecule has 2 aliphatic rings. The van der Waals surface area contributed by atoms with Crippen LogP contribution in [0.15, 0.2) is 30.6 Å². The summed E-state index contributed by atoms with van der Waals surface area (Å²) in [5.74, 6) is -0.103. The van der Waals surface area contributed by atoms with Gasteiger partial charge in [0.1, 0.15) is 0 Å². The Morgan fingerprint density at radius 2 is 1.97 bits per heavy atom. The lowest BCUT2D eigenvalue weighted by atomic mass is 9.86. The van der Waals surface area contributed by atoms with Gasteiger partial charge in [0.2, 0.25) is 5.91 Å². The van der Waals surface area contributed by atoms with E-state index in [-0.39, 0.29) is 17.4 Å². The number of carbonyl (C=O) groups excluding carboxylic acids is 2. The van der Waals surface area contributed by atoms with Gasteiger partial charge in [-0.2, -0.15) is 9.78 Å². The third-order valence-corrected chi connectivity index (χ3v) is 6.85. The van der Waals surface area contributed by atoms with E-state index in [4.69, 9.17) is 23.2 Å². The van der Waals surface area contributed by atoms with Crippen LogP contribution >= 0.6 is 23.2 Å². The van der Waals surface area contributed by atoms with Gasteiger partial charge < -0.3 is 9.80 Å². The molecule has 1 aromatic heterocycles. The van der Waals surface area contributed by atoms with Crippen molar-refractivity contribution in [2.75, 3.05) is 38.1 Å². The van der Waals surface area contributed by atoms with Crippen molar-refractivity contribution in [2.45, 2.75) is 26.3 Å². The number of carbonyl (C=O) groups is 2. The molecule has 0 aliphatic carbocycles. The van der Waals surface area contributed by atoms with Gasteiger partial charge in [-0.15, -0.1) is 0 Å². The zero-order chi connectivity index (χ0) is 21.5. The number of aromatic nitrogens is 2. The third-order valence-electron chi connectivity index (χ3n) is 6.26. The summed E-state index contributed by atoms with van der Waals surface area (Å²) < 4.78 is 1.33. The van der Waals surface area contributed by atoms with Crippen LogP contribution in [0.4, 0.5) is 10.5 Å². The largest absolute Gasteiger partial charge is 0.344 e. The van der Waals surface area contributed by atoms with E-state index in [2.05, 4.69) is 10.00 Å². The Balaban J connectivity index is 1.38. The molecule has 1 atom stereocenters. The Hall–Kier alpha value is -2.09. The van der Waals surface area contributed by atoms with E-state index in [1.54, 1.807) is 19.3 Å². The van der Waals surface area contributed by atoms with Gasteiger partial charge in [0.05, 0.1) is 18.1 Å². The molecular weight excluding hydrogens is 425 g/mol.